The first-order chi connectivity index (χ1) is 11.2. The quantitative estimate of drug-likeness (QED) is 0.914. The van der Waals surface area contributed by atoms with Crippen LogP contribution in [0.3, 0.4) is 0 Å². The van der Waals surface area contributed by atoms with Gasteiger partial charge in [0.05, 0.1) is 6.54 Å². The van der Waals surface area contributed by atoms with E-state index < -0.39 is 0 Å². The molecule has 0 aliphatic carbocycles. The number of nitrogens with one attached hydrogen (secondary N) is 1. The zero-order valence-corrected chi connectivity index (χ0v) is 13.8. The number of carbonyl (C=O) groups is 2. The average Bonchev–Trinajstić information content (AvgIpc) is 2.62. The van der Waals surface area contributed by atoms with Crippen molar-refractivity contribution in [2.24, 2.45) is 0 Å². The Balaban J connectivity index is 1.67. The van der Waals surface area contributed by atoms with Crippen molar-refractivity contribution >= 4 is 11.8 Å². The van der Waals surface area contributed by atoms with E-state index in [1.807, 2.05) is 34.1 Å². The summed E-state index contributed by atoms with van der Waals surface area (Å²) in [5, 5.41) is 3.10. The topological polar surface area (TPSA) is 52.7 Å². The molecule has 2 heterocycles. The Morgan fingerprint density at radius 2 is 2.04 bits per heavy atom. The molecule has 0 radical (unpaired) electrons. The molecule has 5 heteroatoms. The lowest BCUT2D eigenvalue weighted by molar-refractivity contribution is -0.135. The van der Waals surface area contributed by atoms with E-state index >= 15 is 0 Å². The smallest absolute Gasteiger partial charge is 0.253 e. The van der Waals surface area contributed by atoms with Crippen LogP contribution in [0.4, 0.5) is 0 Å². The Bertz CT molecular complexity index is 570. The second-order valence-corrected chi connectivity index (χ2v) is 6.36. The molecule has 0 saturated carbocycles. The van der Waals surface area contributed by atoms with Crippen molar-refractivity contribution in [2.75, 3.05) is 32.7 Å². The molecule has 1 aromatic rings. The SMILES string of the molecule is CCc1ccc(C(=O)N2CCCC(N3CCNCC3=O)C2)cc1. The molecule has 3 rings (SSSR count). The number of nitrogens with zero attached hydrogens (tertiary/aromatic N) is 2. The fourth-order valence-corrected chi connectivity index (χ4v) is 3.47. The van der Waals surface area contributed by atoms with E-state index in [-0.39, 0.29) is 17.9 Å². The fourth-order valence-electron chi connectivity index (χ4n) is 3.47. The molecule has 1 atom stereocenters. The molecule has 1 N–H and O–H groups in total. The number of amides is 2. The van der Waals surface area contributed by atoms with Gasteiger partial charge in [0, 0.05) is 37.8 Å². The van der Waals surface area contributed by atoms with Gasteiger partial charge in [0.1, 0.15) is 0 Å². The van der Waals surface area contributed by atoms with Crippen LogP contribution in [0.5, 0.6) is 0 Å². The summed E-state index contributed by atoms with van der Waals surface area (Å²) in [6.07, 6.45) is 2.93. The number of benzene rings is 1. The first-order valence-electron chi connectivity index (χ1n) is 8.57. The third-order valence-corrected chi connectivity index (χ3v) is 4.86. The Labute approximate surface area is 137 Å². The normalized spacial score (nSPS) is 22.3. The second kappa shape index (κ2) is 7.13. The zero-order valence-electron chi connectivity index (χ0n) is 13.8. The van der Waals surface area contributed by atoms with E-state index in [1.165, 1.54) is 5.56 Å². The van der Waals surface area contributed by atoms with Crippen molar-refractivity contribution in [3.8, 4) is 0 Å². The van der Waals surface area contributed by atoms with Crippen molar-refractivity contribution < 1.29 is 9.59 Å². The fraction of sp³-hybridized carbons (Fsp3) is 0.556. The highest BCUT2D eigenvalue weighted by Gasteiger charge is 2.31. The van der Waals surface area contributed by atoms with Gasteiger partial charge in [0.15, 0.2) is 0 Å². The maximum atomic E-state index is 12.7. The van der Waals surface area contributed by atoms with Crippen molar-refractivity contribution in [2.45, 2.75) is 32.2 Å². The van der Waals surface area contributed by atoms with E-state index in [1.54, 1.807) is 0 Å². The van der Waals surface area contributed by atoms with Crippen LogP contribution in [-0.2, 0) is 11.2 Å². The summed E-state index contributed by atoms with van der Waals surface area (Å²) in [6.45, 7) is 5.55. The molecule has 1 aromatic carbocycles. The molecule has 2 saturated heterocycles. The molecule has 2 aliphatic heterocycles. The van der Waals surface area contributed by atoms with Crippen LogP contribution < -0.4 is 5.32 Å². The van der Waals surface area contributed by atoms with Gasteiger partial charge in [-0.3, -0.25) is 9.59 Å². The number of piperidine rings is 1. The summed E-state index contributed by atoms with van der Waals surface area (Å²) in [5.41, 5.74) is 1.99. The summed E-state index contributed by atoms with van der Waals surface area (Å²) >= 11 is 0. The van der Waals surface area contributed by atoms with Crippen molar-refractivity contribution in [3.63, 3.8) is 0 Å². The highest BCUT2D eigenvalue weighted by Crippen LogP contribution is 2.19. The minimum Gasteiger partial charge on any atom is -0.337 e. The number of piperazine rings is 1. The van der Waals surface area contributed by atoms with Gasteiger partial charge in [-0.25, -0.2) is 0 Å². The number of hydrogen-bond acceptors (Lipinski definition) is 3. The summed E-state index contributed by atoms with van der Waals surface area (Å²) in [7, 11) is 0. The Morgan fingerprint density at radius 3 is 2.74 bits per heavy atom. The van der Waals surface area contributed by atoms with Gasteiger partial charge in [-0.1, -0.05) is 19.1 Å². The van der Waals surface area contributed by atoms with Gasteiger partial charge >= 0.3 is 0 Å². The number of likely N-dealkylation sites (tertiary alicyclic amines) is 1. The Hall–Kier alpha value is -1.88. The molecular weight excluding hydrogens is 290 g/mol. The summed E-state index contributed by atoms with van der Waals surface area (Å²) < 4.78 is 0. The molecule has 23 heavy (non-hydrogen) atoms. The van der Waals surface area contributed by atoms with Crippen LogP contribution in [0, 0.1) is 0 Å². The summed E-state index contributed by atoms with van der Waals surface area (Å²) in [4.78, 5) is 28.7. The Morgan fingerprint density at radius 1 is 1.26 bits per heavy atom. The molecule has 0 aromatic heterocycles. The summed E-state index contributed by atoms with van der Waals surface area (Å²) in [6, 6.07) is 8.04. The molecule has 0 bridgehead atoms. The van der Waals surface area contributed by atoms with Crippen molar-refractivity contribution in [1.82, 2.24) is 15.1 Å². The van der Waals surface area contributed by atoms with Crippen LogP contribution >= 0.6 is 0 Å². The molecule has 2 aliphatic rings. The minimum atomic E-state index is 0.0833. The number of aryl methyl sites for hydroxylation is 1. The minimum absolute atomic E-state index is 0.0833. The lowest BCUT2D eigenvalue weighted by Gasteiger charge is -2.41. The summed E-state index contributed by atoms with van der Waals surface area (Å²) in [5.74, 6) is 0.239. The standard InChI is InChI=1S/C18H25N3O2/c1-2-14-5-7-15(8-6-14)18(23)20-10-3-4-16(13-20)21-11-9-19-12-17(21)22/h5-8,16,19H,2-4,9-13H2,1H3. The molecule has 0 spiro atoms. The molecular formula is C18H25N3O2. The van der Waals surface area contributed by atoms with E-state index in [0.717, 1.165) is 44.5 Å². The highest BCUT2D eigenvalue weighted by atomic mass is 16.2. The average molecular weight is 315 g/mol. The third kappa shape index (κ3) is 3.55. The maximum absolute atomic E-state index is 12.7. The van der Waals surface area contributed by atoms with Crippen molar-refractivity contribution in [1.29, 1.82) is 0 Å². The van der Waals surface area contributed by atoms with Gasteiger partial charge in [-0.2, -0.15) is 0 Å². The van der Waals surface area contributed by atoms with E-state index in [2.05, 4.69) is 12.2 Å². The lowest BCUT2D eigenvalue weighted by Crippen LogP contribution is -2.57. The molecule has 5 nitrogen and oxygen atoms in total. The van der Waals surface area contributed by atoms with Crippen LogP contribution in [0.25, 0.3) is 0 Å². The molecule has 1 unspecified atom stereocenters. The third-order valence-electron chi connectivity index (χ3n) is 4.86. The molecule has 2 fully saturated rings. The van der Waals surface area contributed by atoms with E-state index in [0.29, 0.717) is 13.1 Å². The predicted molar refractivity (Wildman–Crippen MR) is 89.3 cm³/mol. The maximum Gasteiger partial charge on any atom is 0.253 e. The number of rotatable bonds is 3. The largest absolute Gasteiger partial charge is 0.337 e. The van der Waals surface area contributed by atoms with Crippen molar-refractivity contribution in [3.05, 3.63) is 35.4 Å². The number of hydrogen-bond donors (Lipinski definition) is 1. The first-order valence-corrected chi connectivity index (χ1v) is 8.57. The van der Waals surface area contributed by atoms with Crippen LogP contribution in [-0.4, -0.2) is 60.4 Å². The predicted octanol–water partition coefficient (Wildman–Crippen LogP) is 1.29. The first kappa shape index (κ1) is 16.0. The van der Waals surface area contributed by atoms with Gasteiger partial charge < -0.3 is 15.1 Å². The Kier molecular flexibility index (Phi) is 4.96. The highest BCUT2D eigenvalue weighted by molar-refractivity contribution is 5.94. The van der Waals surface area contributed by atoms with Crippen LogP contribution in [0.2, 0.25) is 0 Å². The monoisotopic (exact) mass is 315 g/mol. The van der Waals surface area contributed by atoms with Gasteiger partial charge in [0.2, 0.25) is 5.91 Å². The van der Waals surface area contributed by atoms with E-state index in [4.69, 9.17) is 0 Å². The van der Waals surface area contributed by atoms with Gasteiger partial charge in [-0.15, -0.1) is 0 Å². The van der Waals surface area contributed by atoms with E-state index in [9.17, 15) is 9.59 Å². The van der Waals surface area contributed by atoms with Crippen LogP contribution in [0.1, 0.15) is 35.7 Å². The molecule has 2 amide bonds. The van der Waals surface area contributed by atoms with Crippen LogP contribution in [0.15, 0.2) is 24.3 Å². The van der Waals surface area contributed by atoms with Gasteiger partial charge in [-0.05, 0) is 37.0 Å². The second-order valence-electron chi connectivity index (χ2n) is 6.36. The number of carbonyl (C=O) groups excluding carboxylic acids is 2. The lowest BCUT2D eigenvalue weighted by atomic mass is 10.0. The molecule has 124 valence electrons. The zero-order chi connectivity index (χ0) is 16.2. The van der Waals surface area contributed by atoms with Gasteiger partial charge in [0.25, 0.3) is 5.91 Å².